The maximum atomic E-state index is 12.7. The first kappa shape index (κ1) is 29.6. The van der Waals surface area contributed by atoms with Gasteiger partial charge in [0.15, 0.2) is 6.29 Å². The molecule has 2 saturated heterocycles. The normalized spacial score (nSPS) is 19.5. The highest BCUT2D eigenvalue weighted by Gasteiger charge is 2.29. The standard InChI is InChI=1S/C32H35Cl2N5O4/c1-3-22(2)39-32(40)38(21-35-39)26-7-5-24(6-8-26)36-14-16-37(17-15-36)25-9-11-27(12-10-25)41-19-28-20-42-31(43-28)29-13-4-23(33)18-30(29)34/h4-13,18,21-22,28,31H,3,14-17,19-20H2,1-2H3/t22-,28-,31-/m1/s1. The molecule has 0 amide bonds. The Balaban J connectivity index is 0.981. The highest BCUT2D eigenvalue weighted by Crippen LogP contribution is 2.33. The van der Waals surface area contributed by atoms with Crippen LogP contribution < -0.4 is 20.2 Å². The monoisotopic (exact) mass is 623 g/mol. The van der Waals surface area contributed by atoms with Crippen molar-refractivity contribution in [1.82, 2.24) is 14.3 Å². The Morgan fingerprint density at radius 2 is 1.56 bits per heavy atom. The number of rotatable bonds is 9. The summed E-state index contributed by atoms with van der Waals surface area (Å²) >= 11 is 12.3. The summed E-state index contributed by atoms with van der Waals surface area (Å²) in [5.41, 5.74) is 3.78. The second-order valence-corrected chi connectivity index (χ2v) is 11.7. The number of halogens is 2. The van der Waals surface area contributed by atoms with E-state index in [1.54, 1.807) is 27.7 Å². The summed E-state index contributed by atoms with van der Waals surface area (Å²) < 4.78 is 20.9. The van der Waals surface area contributed by atoms with Crippen molar-refractivity contribution < 1.29 is 14.2 Å². The summed E-state index contributed by atoms with van der Waals surface area (Å²) in [4.78, 5) is 17.5. The van der Waals surface area contributed by atoms with Crippen LogP contribution >= 0.6 is 23.2 Å². The summed E-state index contributed by atoms with van der Waals surface area (Å²) in [7, 11) is 0. The lowest BCUT2D eigenvalue weighted by Crippen LogP contribution is -2.46. The third kappa shape index (κ3) is 6.55. The van der Waals surface area contributed by atoms with Crippen LogP contribution in [0.3, 0.4) is 0 Å². The fourth-order valence-corrected chi connectivity index (χ4v) is 5.85. The molecular weight excluding hydrogens is 589 g/mol. The highest BCUT2D eigenvalue weighted by atomic mass is 35.5. The summed E-state index contributed by atoms with van der Waals surface area (Å²) in [6.45, 7) is 8.48. The van der Waals surface area contributed by atoms with Gasteiger partial charge in [0.05, 0.1) is 23.4 Å². The molecule has 3 atom stereocenters. The van der Waals surface area contributed by atoms with Crippen LogP contribution in [0.2, 0.25) is 10.0 Å². The predicted molar refractivity (Wildman–Crippen MR) is 169 cm³/mol. The number of piperazine rings is 1. The van der Waals surface area contributed by atoms with Crippen molar-refractivity contribution in [1.29, 1.82) is 0 Å². The second kappa shape index (κ2) is 13.0. The molecule has 2 fully saturated rings. The quantitative estimate of drug-likeness (QED) is 0.222. The molecule has 2 aliphatic rings. The smallest absolute Gasteiger partial charge is 0.350 e. The molecule has 0 N–H and O–H groups in total. The second-order valence-electron chi connectivity index (χ2n) is 10.9. The molecule has 0 radical (unpaired) electrons. The minimum atomic E-state index is -0.526. The van der Waals surface area contributed by atoms with Crippen molar-refractivity contribution in [3.05, 3.63) is 99.2 Å². The molecular formula is C32H35Cl2N5O4. The molecule has 6 rings (SSSR count). The van der Waals surface area contributed by atoms with Crippen LogP contribution in [0.25, 0.3) is 5.69 Å². The van der Waals surface area contributed by atoms with Crippen LogP contribution in [0.5, 0.6) is 5.75 Å². The first-order chi connectivity index (χ1) is 20.9. The molecule has 0 aliphatic carbocycles. The number of nitrogens with zero attached hydrogens (tertiary/aromatic N) is 5. The van der Waals surface area contributed by atoms with Crippen molar-refractivity contribution in [2.45, 2.75) is 38.7 Å². The molecule has 3 aromatic carbocycles. The number of hydrogen-bond donors (Lipinski definition) is 0. The molecule has 0 bridgehead atoms. The van der Waals surface area contributed by atoms with Crippen molar-refractivity contribution in [3.63, 3.8) is 0 Å². The van der Waals surface area contributed by atoms with Gasteiger partial charge < -0.3 is 24.0 Å². The maximum absolute atomic E-state index is 12.7. The van der Waals surface area contributed by atoms with E-state index < -0.39 is 6.29 Å². The molecule has 11 heteroatoms. The fourth-order valence-electron chi connectivity index (χ4n) is 5.35. The third-order valence-electron chi connectivity index (χ3n) is 8.08. The van der Waals surface area contributed by atoms with Crippen molar-refractivity contribution in [3.8, 4) is 11.4 Å². The van der Waals surface area contributed by atoms with Gasteiger partial charge in [-0.1, -0.05) is 36.2 Å². The zero-order valence-corrected chi connectivity index (χ0v) is 25.7. The molecule has 2 aliphatic heterocycles. The first-order valence-corrected chi connectivity index (χ1v) is 15.4. The lowest BCUT2D eigenvalue weighted by atomic mass is 10.2. The van der Waals surface area contributed by atoms with E-state index in [9.17, 15) is 4.79 Å². The Morgan fingerprint density at radius 3 is 2.19 bits per heavy atom. The topological polar surface area (TPSA) is 74.0 Å². The van der Waals surface area contributed by atoms with Gasteiger partial charge in [-0.05, 0) is 74.0 Å². The molecule has 0 spiro atoms. The van der Waals surface area contributed by atoms with E-state index in [0.29, 0.717) is 23.3 Å². The van der Waals surface area contributed by atoms with Gasteiger partial charge in [-0.25, -0.2) is 14.0 Å². The lowest BCUT2D eigenvalue weighted by Gasteiger charge is -2.37. The lowest BCUT2D eigenvalue weighted by molar-refractivity contribution is -0.0658. The minimum Gasteiger partial charge on any atom is -0.491 e. The molecule has 1 aromatic heterocycles. The van der Waals surface area contributed by atoms with Crippen LogP contribution in [-0.2, 0) is 9.47 Å². The number of ether oxygens (including phenoxy) is 3. The fraction of sp³-hybridized carbons (Fsp3) is 0.375. The van der Waals surface area contributed by atoms with Crippen LogP contribution in [0, 0.1) is 0 Å². The molecule has 3 heterocycles. The number of hydrogen-bond acceptors (Lipinski definition) is 7. The number of benzene rings is 3. The Kier molecular flexibility index (Phi) is 8.95. The summed E-state index contributed by atoms with van der Waals surface area (Å²) in [5, 5.41) is 5.38. The van der Waals surface area contributed by atoms with Gasteiger partial charge in [0.1, 0.15) is 24.8 Å². The van der Waals surface area contributed by atoms with Gasteiger partial charge in [0.2, 0.25) is 0 Å². The maximum Gasteiger partial charge on any atom is 0.350 e. The van der Waals surface area contributed by atoms with Gasteiger partial charge in [-0.3, -0.25) is 0 Å². The summed E-state index contributed by atoms with van der Waals surface area (Å²) in [6.07, 6.45) is 1.74. The zero-order chi connectivity index (χ0) is 29.9. The molecule has 9 nitrogen and oxygen atoms in total. The molecule has 4 aromatic rings. The van der Waals surface area contributed by atoms with E-state index in [-0.39, 0.29) is 17.8 Å². The van der Waals surface area contributed by atoms with E-state index in [4.69, 9.17) is 37.4 Å². The molecule has 43 heavy (non-hydrogen) atoms. The highest BCUT2D eigenvalue weighted by molar-refractivity contribution is 6.35. The van der Waals surface area contributed by atoms with Crippen LogP contribution in [0.15, 0.2) is 77.9 Å². The van der Waals surface area contributed by atoms with E-state index in [0.717, 1.165) is 61.0 Å². The van der Waals surface area contributed by atoms with E-state index in [1.165, 1.54) is 0 Å². The Bertz CT molecular complexity index is 1580. The van der Waals surface area contributed by atoms with Crippen LogP contribution in [0.4, 0.5) is 11.4 Å². The van der Waals surface area contributed by atoms with Crippen molar-refractivity contribution in [2.75, 3.05) is 49.2 Å². The average Bonchev–Trinajstić information content (AvgIpc) is 3.67. The third-order valence-corrected chi connectivity index (χ3v) is 8.64. The first-order valence-electron chi connectivity index (χ1n) is 14.6. The SMILES string of the molecule is CC[C@@H](C)n1ncn(-c2ccc(N3CCN(c4ccc(OC[C@@H]5CO[C@@H](c6ccc(Cl)cc6Cl)O5)cc4)CC3)cc2)c1=O. The number of aromatic nitrogens is 3. The largest absolute Gasteiger partial charge is 0.491 e. The molecule has 0 unspecified atom stereocenters. The Morgan fingerprint density at radius 1 is 0.930 bits per heavy atom. The van der Waals surface area contributed by atoms with Gasteiger partial charge in [-0.15, -0.1) is 0 Å². The zero-order valence-electron chi connectivity index (χ0n) is 24.2. The van der Waals surface area contributed by atoms with Gasteiger partial charge >= 0.3 is 5.69 Å². The summed E-state index contributed by atoms with van der Waals surface area (Å²) in [6, 6.07) is 21.7. The van der Waals surface area contributed by atoms with Gasteiger partial charge in [0, 0.05) is 48.1 Å². The Labute approximate surface area is 261 Å². The van der Waals surface area contributed by atoms with Crippen molar-refractivity contribution in [2.24, 2.45) is 0 Å². The van der Waals surface area contributed by atoms with Crippen molar-refractivity contribution >= 4 is 34.6 Å². The predicted octanol–water partition coefficient (Wildman–Crippen LogP) is 6.13. The van der Waals surface area contributed by atoms with Gasteiger partial charge in [0.25, 0.3) is 0 Å². The van der Waals surface area contributed by atoms with Crippen LogP contribution in [0.1, 0.15) is 38.2 Å². The summed E-state index contributed by atoms with van der Waals surface area (Å²) in [5.74, 6) is 0.785. The number of anilines is 2. The van der Waals surface area contributed by atoms with E-state index in [2.05, 4.69) is 39.2 Å². The molecule has 226 valence electrons. The van der Waals surface area contributed by atoms with E-state index >= 15 is 0 Å². The molecule has 0 saturated carbocycles. The van der Waals surface area contributed by atoms with E-state index in [1.807, 2.05) is 44.2 Å². The minimum absolute atomic E-state index is 0.0737. The van der Waals surface area contributed by atoms with Gasteiger partial charge in [-0.2, -0.15) is 5.10 Å². The Hall–Kier alpha value is -3.50. The van der Waals surface area contributed by atoms with Crippen LogP contribution in [-0.4, -0.2) is 59.8 Å². The average molecular weight is 625 g/mol.